The molecule has 0 radical (unpaired) electrons. The molecule has 2 aromatic carbocycles. The molecule has 1 aromatic heterocycles. The number of aromatic nitrogens is 3. The number of benzene rings is 2. The van der Waals surface area contributed by atoms with Crippen LogP contribution < -0.4 is 0 Å². The van der Waals surface area contributed by atoms with Crippen LogP contribution in [0.5, 0.6) is 0 Å². The van der Waals surface area contributed by atoms with Gasteiger partial charge in [-0.25, -0.2) is 14.1 Å². The van der Waals surface area contributed by atoms with Crippen molar-refractivity contribution >= 4 is 23.2 Å². The first-order chi connectivity index (χ1) is 12.2. The van der Waals surface area contributed by atoms with Gasteiger partial charge in [-0.15, -0.1) is 0 Å². The molecule has 0 amide bonds. The van der Waals surface area contributed by atoms with Gasteiger partial charge in [0, 0.05) is 15.6 Å². The smallest absolute Gasteiger partial charge is 0.143 e. The Balaban J connectivity index is 2.17. The Kier molecular flexibility index (Phi) is 5.03. The molecule has 0 spiro atoms. The second-order valence-electron chi connectivity index (χ2n) is 6.16. The Morgan fingerprint density at radius 1 is 1.12 bits per heavy atom. The number of nitrogens with zero attached hydrogens (tertiary/aromatic N) is 3. The summed E-state index contributed by atoms with van der Waals surface area (Å²) >= 11 is 12.3. The fourth-order valence-corrected chi connectivity index (χ4v) is 3.45. The van der Waals surface area contributed by atoms with Crippen LogP contribution in [0.1, 0.15) is 18.1 Å². The topological polar surface area (TPSA) is 71.2 Å². The molecular weight excluding hydrogens is 380 g/mol. The number of rotatable bonds is 5. The molecule has 0 aliphatic heterocycles. The molecule has 0 saturated carbocycles. The van der Waals surface area contributed by atoms with E-state index < -0.39 is 17.0 Å². The first kappa shape index (κ1) is 18.8. The van der Waals surface area contributed by atoms with Gasteiger partial charge in [-0.3, -0.25) is 0 Å². The van der Waals surface area contributed by atoms with Gasteiger partial charge in [0.2, 0.25) is 0 Å². The molecule has 5 nitrogen and oxygen atoms in total. The van der Waals surface area contributed by atoms with Crippen LogP contribution in [0.25, 0.3) is 0 Å². The second kappa shape index (κ2) is 6.96. The zero-order valence-electron chi connectivity index (χ0n) is 13.8. The van der Waals surface area contributed by atoms with Crippen molar-refractivity contribution in [2.24, 2.45) is 0 Å². The van der Waals surface area contributed by atoms with Crippen molar-refractivity contribution in [3.05, 3.63) is 82.1 Å². The Labute approximate surface area is 159 Å². The van der Waals surface area contributed by atoms with E-state index in [0.29, 0.717) is 10.6 Å². The zero-order chi connectivity index (χ0) is 18.9. The maximum Gasteiger partial charge on any atom is 0.143 e. The highest BCUT2D eigenvalue weighted by atomic mass is 35.5. The van der Waals surface area contributed by atoms with Gasteiger partial charge >= 0.3 is 0 Å². The van der Waals surface area contributed by atoms with E-state index >= 15 is 0 Å². The highest BCUT2D eigenvalue weighted by Crippen LogP contribution is 2.44. The van der Waals surface area contributed by atoms with Crippen molar-refractivity contribution in [3.63, 3.8) is 0 Å². The monoisotopic (exact) mass is 395 g/mol. The lowest BCUT2D eigenvalue weighted by atomic mass is 9.74. The molecule has 0 bridgehead atoms. The predicted molar refractivity (Wildman–Crippen MR) is 96.4 cm³/mol. The van der Waals surface area contributed by atoms with Crippen molar-refractivity contribution in [1.29, 1.82) is 0 Å². The highest BCUT2D eigenvalue weighted by molar-refractivity contribution is 6.35. The van der Waals surface area contributed by atoms with Crippen molar-refractivity contribution in [3.8, 4) is 0 Å². The molecular formula is C18H16Cl2FN3O2. The van der Waals surface area contributed by atoms with Gasteiger partial charge in [0.15, 0.2) is 0 Å². The van der Waals surface area contributed by atoms with Gasteiger partial charge in [0.05, 0.1) is 6.54 Å². The summed E-state index contributed by atoms with van der Waals surface area (Å²) in [4.78, 5) is 3.86. The molecule has 3 aromatic rings. The normalized spacial score (nSPS) is 16.1. The largest absolute Gasteiger partial charge is 0.382 e. The van der Waals surface area contributed by atoms with Gasteiger partial charge in [0.25, 0.3) is 0 Å². The van der Waals surface area contributed by atoms with Gasteiger partial charge in [0.1, 0.15) is 29.7 Å². The Morgan fingerprint density at radius 3 is 2.38 bits per heavy atom. The Morgan fingerprint density at radius 2 is 1.81 bits per heavy atom. The molecule has 0 fully saturated rings. The van der Waals surface area contributed by atoms with E-state index in [9.17, 15) is 14.6 Å². The van der Waals surface area contributed by atoms with Crippen molar-refractivity contribution < 1.29 is 14.6 Å². The van der Waals surface area contributed by atoms with E-state index in [4.69, 9.17) is 23.2 Å². The third-order valence-electron chi connectivity index (χ3n) is 4.45. The van der Waals surface area contributed by atoms with Gasteiger partial charge in [-0.05, 0) is 36.8 Å². The number of aliphatic hydroxyl groups is 2. The predicted octanol–water partition coefficient (Wildman–Crippen LogP) is 3.52. The Hall–Kier alpha value is -1.99. The van der Waals surface area contributed by atoms with Gasteiger partial charge in [-0.2, -0.15) is 5.10 Å². The molecule has 0 aliphatic carbocycles. The molecule has 0 unspecified atom stereocenters. The number of hydrogen-bond donors (Lipinski definition) is 2. The SMILES string of the molecule is C[C@](O)(c1ccc(F)cc1)[C@](O)(Cn1cncn1)c1ccc(Cl)cc1Cl. The average Bonchev–Trinajstić information content (AvgIpc) is 3.07. The highest BCUT2D eigenvalue weighted by Gasteiger charge is 2.50. The lowest BCUT2D eigenvalue weighted by Gasteiger charge is -2.42. The minimum absolute atomic E-state index is 0.140. The minimum Gasteiger partial charge on any atom is -0.382 e. The molecule has 26 heavy (non-hydrogen) atoms. The summed E-state index contributed by atoms with van der Waals surface area (Å²) in [5.74, 6) is -0.450. The molecule has 3 rings (SSSR count). The summed E-state index contributed by atoms with van der Waals surface area (Å²) in [6.07, 6.45) is 2.73. The first-order valence-corrected chi connectivity index (χ1v) is 8.48. The number of halogens is 3. The fraction of sp³-hybridized carbons (Fsp3) is 0.222. The van der Waals surface area contributed by atoms with E-state index in [0.717, 1.165) is 0 Å². The summed E-state index contributed by atoms with van der Waals surface area (Å²) in [5, 5.41) is 27.5. The van der Waals surface area contributed by atoms with Crippen LogP contribution in [0, 0.1) is 5.82 Å². The summed E-state index contributed by atoms with van der Waals surface area (Å²) < 4.78 is 14.7. The van der Waals surface area contributed by atoms with Crippen LogP contribution in [0.15, 0.2) is 55.1 Å². The molecule has 0 aliphatic rings. The minimum atomic E-state index is -1.90. The molecule has 8 heteroatoms. The molecule has 2 atom stereocenters. The van der Waals surface area contributed by atoms with E-state index in [1.165, 1.54) is 54.6 Å². The maximum absolute atomic E-state index is 13.3. The molecule has 0 saturated heterocycles. The zero-order valence-corrected chi connectivity index (χ0v) is 15.3. The lowest BCUT2D eigenvalue weighted by Crippen LogP contribution is -2.50. The van der Waals surface area contributed by atoms with Crippen LogP contribution in [0.4, 0.5) is 4.39 Å². The molecule has 1 heterocycles. The van der Waals surface area contributed by atoms with Crippen molar-refractivity contribution in [2.75, 3.05) is 0 Å². The maximum atomic E-state index is 13.3. The van der Waals surface area contributed by atoms with E-state index in [1.807, 2.05) is 0 Å². The lowest BCUT2D eigenvalue weighted by molar-refractivity contribution is -0.164. The third kappa shape index (κ3) is 3.33. The van der Waals surface area contributed by atoms with Crippen LogP contribution in [0.3, 0.4) is 0 Å². The summed E-state index contributed by atoms with van der Waals surface area (Å²) in [7, 11) is 0. The van der Waals surface area contributed by atoms with E-state index in [1.54, 1.807) is 12.1 Å². The third-order valence-corrected chi connectivity index (χ3v) is 4.99. The van der Waals surface area contributed by atoms with E-state index in [-0.39, 0.29) is 17.1 Å². The quantitative estimate of drug-likeness (QED) is 0.693. The fourth-order valence-electron chi connectivity index (χ4n) is 2.89. The standard InChI is InChI=1S/C18H16Cl2FN3O2/c1-17(25,12-2-5-14(21)6-3-12)18(26,9-24-11-22-10-23-24)15-7-4-13(19)8-16(15)20/h2-8,10-11,25-26H,9H2,1H3/t17-,18-/m0/s1. The first-order valence-electron chi connectivity index (χ1n) is 7.73. The number of hydrogen-bond acceptors (Lipinski definition) is 4. The van der Waals surface area contributed by atoms with Crippen LogP contribution in [-0.2, 0) is 17.7 Å². The van der Waals surface area contributed by atoms with Gasteiger partial charge < -0.3 is 10.2 Å². The van der Waals surface area contributed by atoms with E-state index in [2.05, 4.69) is 10.1 Å². The van der Waals surface area contributed by atoms with Crippen LogP contribution in [-0.4, -0.2) is 25.0 Å². The van der Waals surface area contributed by atoms with Crippen LogP contribution >= 0.6 is 23.2 Å². The summed E-state index contributed by atoms with van der Waals surface area (Å²) in [6, 6.07) is 9.82. The molecule has 2 N–H and O–H groups in total. The summed E-state index contributed by atoms with van der Waals surface area (Å²) in [5.41, 5.74) is -3.16. The van der Waals surface area contributed by atoms with Crippen LogP contribution in [0.2, 0.25) is 10.0 Å². The van der Waals surface area contributed by atoms with Crippen molar-refractivity contribution in [1.82, 2.24) is 14.8 Å². The van der Waals surface area contributed by atoms with Gasteiger partial charge in [-0.1, -0.05) is 41.4 Å². The second-order valence-corrected chi connectivity index (χ2v) is 7.00. The summed E-state index contributed by atoms with van der Waals surface area (Å²) in [6.45, 7) is 1.29. The average molecular weight is 396 g/mol. The molecule has 136 valence electrons. The van der Waals surface area contributed by atoms with Crippen molar-refractivity contribution in [2.45, 2.75) is 24.7 Å². The Bertz CT molecular complexity index is 901.